The molecule has 210 valence electrons. The molecule has 2 saturated heterocycles. The Morgan fingerprint density at radius 1 is 1.00 bits per heavy atom. The Bertz CT molecular complexity index is 1810. The first kappa shape index (κ1) is 26.4. The van der Waals surface area contributed by atoms with Crippen molar-refractivity contribution in [2.45, 2.75) is 19.4 Å². The smallest absolute Gasteiger partial charge is 0.290 e. The number of amides is 2. The van der Waals surface area contributed by atoms with Crippen molar-refractivity contribution in [2.24, 2.45) is 5.92 Å². The van der Waals surface area contributed by atoms with Gasteiger partial charge in [0.05, 0.1) is 16.1 Å². The van der Waals surface area contributed by atoms with E-state index in [2.05, 4.69) is 49.8 Å². The van der Waals surface area contributed by atoms with Gasteiger partial charge < -0.3 is 14.6 Å². The number of pyridine rings is 1. The number of carbonyl (C=O) groups excluding carboxylic acids is 2. The van der Waals surface area contributed by atoms with Crippen LogP contribution in [0.3, 0.4) is 0 Å². The van der Waals surface area contributed by atoms with Gasteiger partial charge in [-0.2, -0.15) is 0 Å². The van der Waals surface area contributed by atoms with Crippen LogP contribution in [-0.4, -0.2) is 45.7 Å². The number of hydrogen-bond donors (Lipinski definition) is 2. The molecule has 0 aliphatic carbocycles. The Morgan fingerprint density at radius 2 is 1.81 bits per heavy atom. The SMILES string of the molecule is O=C1NC(=O)/C(=C/c2ccnc(N3CCC(CNCc4cc5ccccc5nc4-c4cc5ccccc5o4)CC3)n2)S1. The molecule has 2 aliphatic rings. The first-order valence-electron chi connectivity index (χ1n) is 14.0. The van der Waals surface area contributed by atoms with Crippen LogP contribution in [0, 0.1) is 5.92 Å². The maximum atomic E-state index is 11.9. The highest BCUT2D eigenvalue weighted by Crippen LogP contribution is 2.31. The highest BCUT2D eigenvalue weighted by Gasteiger charge is 2.26. The lowest BCUT2D eigenvalue weighted by atomic mass is 9.97. The summed E-state index contributed by atoms with van der Waals surface area (Å²) in [5.41, 5.74) is 4.40. The van der Waals surface area contributed by atoms with E-state index in [0.717, 1.165) is 83.1 Å². The van der Waals surface area contributed by atoms with E-state index in [9.17, 15) is 9.59 Å². The fraction of sp³-hybridized carbons (Fsp3) is 0.219. The number of nitrogens with zero attached hydrogens (tertiary/aromatic N) is 4. The summed E-state index contributed by atoms with van der Waals surface area (Å²) in [5.74, 6) is 1.56. The van der Waals surface area contributed by atoms with E-state index in [1.807, 2.05) is 36.4 Å². The zero-order chi connectivity index (χ0) is 28.5. The van der Waals surface area contributed by atoms with E-state index in [1.165, 1.54) is 0 Å². The Kier molecular flexibility index (Phi) is 7.15. The average molecular weight is 577 g/mol. The number of imide groups is 1. The van der Waals surface area contributed by atoms with Gasteiger partial charge in [-0.05, 0) is 79.0 Å². The minimum atomic E-state index is -0.386. The van der Waals surface area contributed by atoms with Crippen molar-refractivity contribution < 1.29 is 14.0 Å². The fourth-order valence-electron chi connectivity index (χ4n) is 5.50. The van der Waals surface area contributed by atoms with Gasteiger partial charge in [-0.3, -0.25) is 14.9 Å². The first-order chi connectivity index (χ1) is 20.6. The maximum Gasteiger partial charge on any atom is 0.290 e. The third-order valence-electron chi connectivity index (χ3n) is 7.69. The van der Waals surface area contributed by atoms with Crippen molar-refractivity contribution >= 4 is 56.8 Å². The molecule has 5 aromatic rings. The standard InChI is InChI=1S/C32H28N6O3S/c39-30-28(42-32(40)37-30)17-24-9-12-34-31(35-24)38-13-10-20(11-14-38)18-33-19-23-15-21-5-1-3-7-25(21)36-29(23)27-16-22-6-2-4-8-26(22)41-27/h1-9,12,15-17,20,33H,10-11,13-14,18-19H2,(H,37,39,40)/b28-17-. The molecular weight excluding hydrogens is 548 g/mol. The van der Waals surface area contributed by atoms with Crippen LogP contribution in [0.15, 0.2) is 82.2 Å². The summed E-state index contributed by atoms with van der Waals surface area (Å²) >= 11 is 0.888. The molecule has 2 amide bonds. The Hall–Kier alpha value is -4.54. The summed E-state index contributed by atoms with van der Waals surface area (Å²) in [7, 11) is 0. The zero-order valence-electron chi connectivity index (χ0n) is 22.7. The molecule has 42 heavy (non-hydrogen) atoms. The monoisotopic (exact) mass is 576 g/mol. The third kappa shape index (κ3) is 5.50. The largest absolute Gasteiger partial charge is 0.454 e. The number of piperidine rings is 1. The van der Waals surface area contributed by atoms with Crippen molar-refractivity contribution in [1.82, 2.24) is 25.6 Å². The van der Waals surface area contributed by atoms with Crippen molar-refractivity contribution in [3.05, 3.63) is 89.1 Å². The van der Waals surface area contributed by atoms with Gasteiger partial charge in [-0.1, -0.05) is 36.4 Å². The normalized spacial score (nSPS) is 17.0. The van der Waals surface area contributed by atoms with Crippen LogP contribution in [0.1, 0.15) is 24.1 Å². The lowest BCUT2D eigenvalue weighted by Gasteiger charge is -2.32. The van der Waals surface area contributed by atoms with E-state index in [4.69, 9.17) is 9.40 Å². The van der Waals surface area contributed by atoms with Crippen molar-refractivity contribution in [1.29, 1.82) is 0 Å². The predicted molar refractivity (Wildman–Crippen MR) is 165 cm³/mol. The lowest BCUT2D eigenvalue weighted by Crippen LogP contribution is -2.38. The molecule has 3 aromatic heterocycles. The van der Waals surface area contributed by atoms with Crippen LogP contribution in [0.2, 0.25) is 0 Å². The van der Waals surface area contributed by atoms with Crippen LogP contribution in [0.4, 0.5) is 10.7 Å². The lowest BCUT2D eigenvalue weighted by molar-refractivity contribution is -0.115. The average Bonchev–Trinajstić information content (AvgIpc) is 3.59. The van der Waals surface area contributed by atoms with Gasteiger partial charge in [0.15, 0.2) is 5.76 Å². The predicted octanol–water partition coefficient (Wildman–Crippen LogP) is 5.77. The number of para-hydroxylation sites is 2. The van der Waals surface area contributed by atoms with Crippen LogP contribution >= 0.6 is 11.8 Å². The number of aromatic nitrogens is 3. The molecule has 7 rings (SSSR count). The zero-order valence-corrected chi connectivity index (χ0v) is 23.6. The van der Waals surface area contributed by atoms with E-state index in [1.54, 1.807) is 18.3 Å². The quantitative estimate of drug-likeness (QED) is 0.233. The van der Waals surface area contributed by atoms with E-state index >= 15 is 0 Å². The highest BCUT2D eigenvalue weighted by molar-refractivity contribution is 8.18. The number of benzene rings is 2. The summed E-state index contributed by atoms with van der Waals surface area (Å²) in [5, 5.41) is 7.77. The Morgan fingerprint density at radius 3 is 2.62 bits per heavy atom. The molecule has 0 spiro atoms. The van der Waals surface area contributed by atoms with Crippen LogP contribution in [-0.2, 0) is 11.3 Å². The fourth-order valence-corrected chi connectivity index (χ4v) is 6.17. The molecule has 2 aromatic carbocycles. The Labute approximate surface area is 246 Å². The van der Waals surface area contributed by atoms with Crippen LogP contribution < -0.4 is 15.5 Å². The minimum Gasteiger partial charge on any atom is -0.454 e. The summed E-state index contributed by atoms with van der Waals surface area (Å²) in [6.45, 7) is 3.29. The van der Waals surface area contributed by atoms with Crippen molar-refractivity contribution in [3.63, 3.8) is 0 Å². The number of carbonyl (C=O) groups is 2. The molecule has 9 nitrogen and oxygen atoms in total. The molecule has 0 saturated carbocycles. The number of rotatable bonds is 7. The van der Waals surface area contributed by atoms with E-state index in [-0.39, 0.29) is 11.1 Å². The van der Waals surface area contributed by atoms with Crippen molar-refractivity contribution in [2.75, 3.05) is 24.5 Å². The molecule has 2 fully saturated rings. The van der Waals surface area contributed by atoms with Crippen molar-refractivity contribution in [3.8, 4) is 11.5 Å². The molecule has 10 heteroatoms. The molecule has 0 atom stereocenters. The molecule has 2 aliphatic heterocycles. The summed E-state index contributed by atoms with van der Waals surface area (Å²) in [4.78, 5) is 40.0. The number of fused-ring (bicyclic) bond motifs is 2. The second-order valence-electron chi connectivity index (χ2n) is 10.5. The second kappa shape index (κ2) is 11.4. The maximum absolute atomic E-state index is 11.9. The minimum absolute atomic E-state index is 0.347. The second-order valence-corrected chi connectivity index (χ2v) is 11.5. The number of hydrogen-bond acceptors (Lipinski definition) is 9. The number of thioether (sulfide) groups is 1. The number of nitrogens with one attached hydrogen (secondary N) is 2. The van der Waals surface area contributed by atoms with Gasteiger partial charge in [-0.25, -0.2) is 15.0 Å². The number of furan rings is 1. The van der Waals surface area contributed by atoms with E-state index < -0.39 is 0 Å². The molecule has 5 heterocycles. The van der Waals surface area contributed by atoms with Gasteiger partial charge in [0.25, 0.3) is 11.1 Å². The Balaban J connectivity index is 1.00. The van der Waals surface area contributed by atoms with Crippen LogP contribution in [0.5, 0.6) is 0 Å². The van der Waals surface area contributed by atoms with Gasteiger partial charge >= 0.3 is 0 Å². The van der Waals surface area contributed by atoms with Gasteiger partial charge in [0.2, 0.25) is 5.95 Å². The third-order valence-corrected chi connectivity index (χ3v) is 8.50. The highest BCUT2D eigenvalue weighted by atomic mass is 32.2. The van der Waals surface area contributed by atoms with Gasteiger partial charge in [-0.15, -0.1) is 0 Å². The molecular formula is C32H28N6O3S. The number of anilines is 1. The van der Waals surface area contributed by atoms with Gasteiger partial charge in [0, 0.05) is 36.6 Å². The van der Waals surface area contributed by atoms with E-state index in [0.29, 0.717) is 29.0 Å². The molecule has 2 N–H and O–H groups in total. The van der Waals surface area contributed by atoms with Gasteiger partial charge in [0.1, 0.15) is 11.3 Å². The van der Waals surface area contributed by atoms with Crippen LogP contribution in [0.25, 0.3) is 39.4 Å². The molecule has 0 unspecified atom stereocenters. The first-order valence-corrected chi connectivity index (χ1v) is 14.8. The summed E-state index contributed by atoms with van der Waals surface area (Å²) in [6.07, 6.45) is 5.36. The summed E-state index contributed by atoms with van der Waals surface area (Å²) in [6, 6.07) is 22.2. The topological polar surface area (TPSA) is 113 Å². The molecule has 0 radical (unpaired) electrons. The summed E-state index contributed by atoms with van der Waals surface area (Å²) < 4.78 is 6.20. The molecule has 0 bridgehead atoms.